The molecule has 0 aromatic carbocycles. The largest absolute Gasteiger partial charge is 0.480 e. The van der Waals surface area contributed by atoms with Crippen molar-refractivity contribution in [1.82, 2.24) is 20.7 Å². The van der Waals surface area contributed by atoms with Gasteiger partial charge in [-0.15, -0.1) is 0 Å². The van der Waals surface area contributed by atoms with Crippen LogP contribution in [-0.2, 0) is 23.9 Å². The molecule has 11 nitrogen and oxygen atoms in total. The van der Waals surface area contributed by atoms with E-state index in [1.165, 1.54) is 14.0 Å². The van der Waals surface area contributed by atoms with Crippen molar-refractivity contribution in [1.29, 1.82) is 0 Å². The van der Waals surface area contributed by atoms with Gasteiger partial charge in [0.1, 0.15) is 12.6 Å². The number of amides is 3. The van der Waals surface area contributed by atoms with Gasteiger partial charge in [-0.25, -0.2) is 10.2 Å². The van der Waals surface area contributed by atoms with Gasteiger partial charge in [0, 0.05) is 26.6 Å². The Morgan fingerprint density at radius 3 is 2.56 bits per heavy atom. The molecule has 2 rings (SSSR count). The topological polar surface area (TPSA) is 138 Å². The number of nitrogens with zero attached hydrogens (tertiary/aromatic N) is 2. The number of carboxylic acid groups (broad SMARTS) is 1. The van der Waals surface area contributed by atoms with Crippen molar-refractivity contribution in [2.24, 2.45) is 11.8 Å². The highest BCUT2D eigenvalue weighted by Crippen LogP contribution is 2.22. The highest BCUT2D eigenvalue weighted by Gasteiger charge is 2.36. The molecule has 2 aliphatic rings. The van der Waals surface area contributed by atoms with E-state index in [1.54, 1.807) is 4.90 Å². The highest BCUT2D eigenvalue weighted by atomic mass is 16.6. The Morgan fingerprint density at radius 1 is 1.19 bits per heavy atom. The quantitative estimate of drug-likeness (QED) is 0.319. The standard InChI is InChI=1S/C21H36N4O7/c1-15(20(28)29)23-25(21(30)32-13-12-31-2)19(27)17-4-3-11-24(14-17)18(26)6-5-16-7-9-22-10-8-16/h15-17,22-23H,3-14H2,1-2H3,(H,28,29)/t15-,17+/m0/s1. The Balaban J connectivity index is 1.96. The maximum Gasteiger partial charge on any atom is 0.431 e. The van der Waals surface area contributed by atoms with Gasteiger partial charge in [0.05, 0.1) is 12.5 Å². The summed E-state index contributed by atoms with van der Waals surface area (Å²) in [7, 11) is 1.44. The molecule has 0 bridgehead atoms. The van der Waals surface area contributed by atoms with Crippen LogP contribution in [0.2, 0.25) is 0 Å². The molecule has 0 aromatic heterocycles. The van der Waals surface area contributed by atoms with Crippen molar-refractivity contribution < 1.29 is 33.8 Å². The summed E-state index contributed by atoms with van der Waals surface area (Å²) in [4.78, 5) is 51.2. The summed E-state index contributed by atoms with van der Waals surface area (Å²) in [5.41, 5.74) is 2.41. The summed E-state index contributed by atoms with van der Waals surface area (Å²) in [5.74, 6) is -1.87. The molecule has 0 unspecified atom stereocenters. The number of hydrogen-bond acceptors (Lipinski definition) is 8. The second-order valence-corrected chi connectivity index (χ2v) is 8.38. The fraction of sp³-hybridized carbons (Fsp3) is 0.810. The number of carbonyl (C=O) groups is 4. The van der Waals surface area contributed by atoms with Gasteiger partial charge in [0.2, 0.25) is 5.91 Å². The molecule has 2 atom stereocenters. The molecule has 182 valence electrons. The molecular weight excluding hydrogens is 420 g/mol. The average Bonchev–Trinajstić information content (AvgIpc) is 2.81. The third-order valence-electron chi connectivity index (χ3n) is 5.96. The first-order chi connectivity index (χ1) is 15.3. The van der Waals surface area contributed by atoms with Crippen molar-refractivity contribution >= 4 is 23.9 Å². The number of imide groups is 1. The lowest BCUT2D eigenvalue weighted by atomic mass is 9.92. The van der Waals surface area contributed by atoms with Crippen LogP contribution in [0.1, 0.15) is 45.4 Å². The lowest BCUT2D eigenvalue weighted by molar-refractivity contribution is -0.145. The first-order valence-electron chi connectivity index (χ1n) is 11.3. The van der Waals surface area contributed by atoms with Gasteiger partial charge < -0.3 is 24.8 Å². The van der Waals surface area contributed by atoms with Crippen LogP contribution >= 0.6 is 0 Å². The summed E-state index contributed by atoms with van der Waals surface area (Å²) in [6.07, 6.45) is 3.57. The molecule has 2 saturated heterocycles. The molecule has 11 heteroatoms. The molecule has 2 fully saturated rings. The molecule has 0 aliphatic carbocycles. The zero-order valence-electron chi connectivity index (χ0n) is 19.0. The zero-order chi connectivity index (χ0) is 23.5. The maximum atomic E-state index is 13.1. The highest BCUT2D eigenvalue weighted by molar-refractivity contribution is 5.93. The molecule has 0 radical (unpaired) electrons. The Kier molecular flexibility index (Phi) is 10.8. The van der Waals surface area contributed by atoms with Crippen LogP contribution in [0.15, 0.2) is 0 Å². The zero-order valence-corrected chi connectivity index (χ0v) is 19.0. The van der Waals surface area contributed by atoms with Gasteiger partial charge >= 0.3 is 12.1 Å². The average molecular weight is 457 g/mol. The Labute approximate surface area is 188 Å². The van der Waals surface area contributed by atoms with E-state index in [0.29, 0.717) is 36.7 Å². The lowest BCUT2D eigenvalue weighted by Crippen LogP contribution is -2.57. The summed E-state index contributed by atoms with van der Waals surface area (Å²) in [5, 5.41) is 13.1. The third kappa shape index (κ3) is 8.03. The number of ether oxygens (including phenoxy) is 2. The smallest absolute Gasteiger partial charge is 0.431 e. The van der Waals surface area contributed by atoms with Crippen LogP contribution in [0, 0.1) is 11.8 Å². The van der Waals surface area contributed by atoms with Crippen molar-refractivity contribution in [3.63, 3.8) is 0 Å². The fourth-order valence-electron chi connectivity index (χ4n) is 3.98. The number of aliphatic carboxylic acids is 1. The minimum atomic E-state index is -1.22. The molecule has 0 spiro atoms. The Morgan fingerprint density at radius 2 is 1.91 bits per heavy atom. The minimum absolute atomic E-state index is 0.0158. The number of piperidine rings is 2. The molecule has 2 aliphatic heterocycles. The second-order valence-electron chi connectivity index (χ2n) is 8.38. The van der Waals surface area contributed by atoms with Gasteiger partial charge in [-0.1, -0.05) is 0 Å². The number of nitrogens with one attached hydrogen (secondary N) is 2. The van der Waals surface area contributed by atoms with Crippen molar-refractivity contribution in [3.8, 4) is 0 Å². The molecule has 3 N–H and O–H groups in total. The van der Waals surface area contributed by atoms with E-state index in [1.807, 2.05) is 0 Å². The number of carbonyl (C=O) groups excluding carboxylic acids is 3. The van der Waals surface area contributed by atoms with Crippen molar-refractivity contribution in [2.75, 3.05) is 46.5 Å². The number of likely N-dealkylation sites (tertiary alicyclic amines) is 1. The third-order valence-corrected chi connectivity index (χ3v) is 5.96. The van der Waals surface area contributed by atoms with Crippen LogP contribution in [-0.4, -0.2) is 91.4 Å². The Hall–Kier alpha value is -2.24. The van der Waals surface area contributed by atoms with E-state index >= 15 is 0 Å². The molecular formula is C21H36N4O7. The molecule has 3 amide bonds. The fourth-order valence-corrected chi connectivity index (χ4v) is 3.98. The number of hydrogen-bond donors (Lipinski definition) is 3. The predicted molar refractivity (Wildman–Crippen MR) is 114 cm³/mol. The number of rotatable bonds is 10. The van der Waals surface area contributed by atoms with Crippen LogP contribution < -0.4 is 10.7 Å². The van der Waals surface area contributed by atoms with E-state index in [4.69, 9.17) is 9.47 Å². The van der Waals surface area contributed by atoms with E-state index in [9.17, 15) is 24.3 Å². The minimum Gasteiger partial charge on any atom is -0.480 e. The van der Waals surface area contributed by atoms with Crippen LogP contribution in [0.25, 0.3) is 0 Å². The van der Waals surface area contributed by atoms with E-state index in [0.717, 1.165) is 32.4 Å². The molecule has 32 heavy (non-hydrogen) atoms. The number of methoxy groups -OCH3 is 1. The van der Waals surface area contributed by atoms with Gasteiger partial charge in [0.15, 0.2) is 0 Å². The predicted octanol–water partition coefficient (Wildman–Crippen LogP) is 0.594. The first-order valence-corrected chi connectivity index (χ1v) is 11.3. The molecule has 0 saturated carbocycles. The maximum absolute atomic E-state index is 13.1. The van der Waals surface area contributed by atoms with E-state index in [2.05, 4.69) is 10.7 Å². The SMILES string of the molecule is COCCOC(=O)N(N[C@@H](C)C(=O)O)C(=O)[C@@H]1CCCN(C(=O)CCC2CCNCC2)C1. The van der Waals surface area contributed by atoms with E-state index < -0.39 is 29.9 Å². The van der Waals surface area contributed by atoms with Gasteiger partial charge in [-0.3, -0.25) is 14.4 Å². The normalized spacial score (nSPS) is 20.4. The summed E-state index contributed by atoms with van der Waals surface area (Å²) >= 11 is 0. The van der Waals surface area contributed by atoms with Crippen LogP contribution in [0.3, 0.4) is 0 Å². The van der Waals surface area contributed by atoms with Gasteiger partial charge in [-0.2, -0.15) is 5.01 Å². The number of hydrazine groups is 1. The number of carboxylic acids is 1. The summed E-state index contributed by atoms with van der Waals surface area (Å²) in [6, 6.07) is -1.18. The lowest BCUT2D eigenvalue weighted by Gasteiger charge is -2.35. The monoisotopic (exact) mass is 456 g/mol. The van der Waals surface area contributed by atoms with Crippen molar-refractivity contribution in [2.45, 2.75) is 51.5 Å². The first kappa shape index (κ1) is 26.0. The van der Waals surface area contributed by atoms with E-state index in [-0.39, 0.29) is 25.7 Å². The van der Waals surface area contributed by atoms with Crippen LogP contribution in [0.5, 0.6) is 0 Å². The summed E-state index contributed by atoms with van der Waals surface area (Å²) < 4.78 is 9.85. The summed E-state index contributed by atoms with van der Waals surface area (Å²) in [6.45, 7) is 4.14. The van der Waals surface area contributed by atoms with Crippen molar-refractivity contribution in [3.05, 3.63) is 0 Å². The van der Waals surface area contributed by atoms with Gasteiger partial charge in [-0.05, 0) is 58.0 Å². The molecule has 0 aromatic rings. The van der Waals surface area contributed by atoms with Crippen LogP contribution in [0.4, 0.5) is 4.79 Å². The Bertz CT molecular complexity index is 654. The second kappa shape index (κ2) is 13.3. The van der Waals surface area contributed by atoms with Gasteiger partial charge in [0.25, 0.3) is 5.91 Å². The molecule has 2 heterocycles.